The molecule has 0 unspecified atom stereocenters. The second-order valence-corrected chi connectivity index (χ2v) is 9.63. The van der Waals surface area contributed by atoms with E-state index in [-0.39, 0.29) is 17.0 Å². The Kier molecular flexibility index (Phi) is 7.94. The number of urea groups is 1. The van der Waals surface area contributed by atoms with Crippen LogP contribution in [-0.2, 0) is 16.2 Å². The zero-order valence-corrected chi connectivity index (χ0v) is 22.7. The molecule has 36 heavy (non-hydrogen) atoms. The Hall–Kier alpha value is -3.38. The maximum Gasteiger partial charge on any atom is 0.335 e. The van der Waals surface area contributed by atoms with Gasteiger partial charge in [0.25, 0.3) is 11.8 Å². The van der Waals surface area contributed by atoms with E-state index in [2.05, 4.69) is 43.8 Å². The summed E-state index contributed by atoms with van der Waals surface area (Å²) in [7, 11) is 0. The van der Waals surface area contributed by atoms with Crippen molar-refractivity contribution in [2.24, 2.45) is 0 Å². The number of rotatable bonds is 7. The van der Waals surface area contributed by atoms with Crippen LogP contribution in [0.5, 0.6) is 17.2 Å². The van der Waals surface area contributed by atoms with E-state index in [0.717, 1.165) is 14.9 Å². The lowest BCUT2D eigenvalue weighted by Gasteiger charge is -2.26. The number of aromatic hydroxyl groups is 1. The molecule has 0 aromatic heterocycles. The van der Waals surface area contributed by atoms with Crippen LogP contribution in [0.3, 0.4) is 0 Å². The molecule has 1 aliphatic rings. The quantitative estimate of drug-likeness (QED) is 0.199. The van der Waals surface area contributed by atoms with E-state index >= 15 is 0 Å². The lowest BCUT2D eigenvalue weighted by atomic mass is 10.1. The van der Waals surface area contributed by atoms with Crippen molar-refractivity contribution in [3.05, 3.63) is 85.4 Å². The van der Waals surface area contributed by atoms with Gasteiger partial charge in [0, 0.05) is 10.0 Å². The standard InChI is InChI=1S/C26H20BrIN2O6/c1-2-35-22-13-15(12-21(28)23(22)36-14-16-5-3-4-6-20(16)27)11-19-24(32)29-26(34)30(25(19)33)17-7-9-18(31)10-8-17/h3-13,31H,2,14H2,1H3,(H,29,32,34)/b19-11+. The fourth-order valence-corrected chi connectivity index (χ4v) is 4.68. The van der Waals surface area contributed by atoms with Gasteiger partial charge in [-0.25, -0.2) is 9.69 Å². The van der Waals surface area contributed by atoms with Crippen LogP contribution in [0.1, 0.15) is 18.1 Å². The molecule has 1 fully saturated rings. The molecule has 3 aromatic rings. The fourth-order valence-electron chi connectivity index (χ4n) is 3.50. The Morgan fingerprint density at radius 2 is 1.78 bits per heavy atom. The van der Waals surface area contributed by atoms with Gasteiger partial charge in [-0.05, 0) is 83.6 Å². The van der Waals surface area contributed by atoms with Crippen LogP contribution in [0.25, 0.3) is 6.08 Å². The molecule has 0 bridgehead atoms. The highest BCUT2D eigenvalue weighted by Crippen LogP contribution is 2.36. The number of hydrogen-bond donors (Lipinski definition) is 2. The average molecular weight is 663 g/mol. The molecule has 0 spiro atoms. The molecule has 1 aliphatic heterocycles. The van der Waals surface area contributed by atoms with Gasteiger partial charge in [-0.3, -0.25) is 14.9 Å². The van der Waals surface area contributed by atoms with Crippen LogP contribution in [-0.4, -0.2) is 29.6 Å². The van der Waals surface area contributed by atoms with E-state index < -0.39 is 17.8 Å². The largest absolute Gasteiger partial charge is 0.508 e. The summed E-state index contributed by atoms with van der Waals surface area (Å²) >= 11 is 5.62. The summed E-state index contributed by atoms with van der Waals surface area (Å²) in [5, 5.41) is 11.7. The maximum absolute atomic E-state index is 13.1. The highest BCUT2D eigenvalue weighted by Gasteiger charge is 2.36. The van der Waals surface area contributed by atoms with Crippen LogP contribution < -0.4 is 19.7 Å². The van der Waals surface area contributed by atoms with E-state index in [1.165, 1.54) is 30.3 Å². The number of carbonyl (C=O) groups excluding carboxylic acids is 3. The van der Waals surface area contributed by atoms with Crippen LogP contribution in [0, 0.1) is 3.57 Å². The molecule has 0 aliphatic carbocycles. The van der Waals surface area contributed by atoms with Crippen LogP contribution in [0.4, 0.5) is 10.5 Å². The number of phenols is 1. The smallest absolute Gasteiger partial charge is 0.335 e. The number of anilines is 1. The fraction of sp³-hybridized carbons (Fsp3) is 0.115. The van der Waals surface area contributed by atoms with Crippen LogP contribution >= 0.6 is 38.5 Å². The first-order valence-corrected chi connectivity index (χ1v) is 12.7. The lowest BCUT2D eigenvalue weighted by molar-refractivity contribution is -0.122. The Labute approximate surface area is 229 Å². The third-order valence-corrected chi connectivity index (χ3v) is 6.76. The van der Waals surface area contributed by atoms with Crippen molar-refractivity contribution < 1.29 is 29.0 Å². The van der Waals surface area contributed by atoms with Gasteiger partial charge in [-0.2, -0.15) is 0 Å². The Morgan fingerprint density at radius 1 is 1.06 bits per heavy atom. The number of phenolic OH excluding ortho intramolecular Hbond substituents is 1. The summed E-state index contributed by atoms with van der Waals surface area (Å²) in [6.45, 7) is 2.53. The molecule has 0 atom stereocenters. The highest BCUT2D eigenvalue weighted by atomic mass is 127. The molecule has 184 valence electrons. The average Bonchev–Trinajstić information content (AvgIpc) is 2.83. The van der Waals surface area contributed by atoms with Gasteiger partial charge in [-0.15, -0.1) is 0 Å². The summed E-state index contributed by atoms with van der Waals surface area (Å²) in [6, 6.07) is 15.8. The third kappa shape index (κ3) is 5.54. The van der Waals surface area contributed by atoms with E-state index in [1.807, 2.05) is 31.2 Å². The molecule has 0 saturated carbocycles. The molecule has 4 rings (SSSR count). The molecule has 3 aromatic carbocycles. The van der Waals surface area contributed by atoms with Gasteiger partial charge in [0.2, 0.25) is 0 Å². The van der Waals surface area contributed by atoms with Crippen molar-refractivity contribution in [3.8, 4) is 17.2 Å². The van der Waals surface area contributed by atoms with Crippen molar-refractivity contribution in [2.45, 2.75) is 13.5 Å². The Bertz CT molecular complexity index is 1370. The molecule has 0 radical (unpaired) electrons. The topological polar surface area (TPSA) is 105 Å². The van der Waals surface area contributed by atoms with Gasteiger partial charge in [0.1, 0.15) is 17.9 Å². The SMILES string of the molecule is CCOc1cc(/C=C2\C(=O)NC(=O)N(c3ccc(O)cc3)C2=O)cc(I)c1OCc1ccccc1Br. The number of halogens is 2. The Balaban J connectivity index is 1.66. The van der Waals surface area contributed by atoms with Crippen molar-refractivity contribution in [1.82, 2.24) is 5.32 Å². The van der Waals surface area contributed by atoms with E-state index in [1.54, 1.807) is 12.1 Å². The first-order valence-electron chi connectivity index (χ1n) is 10.8. The molecule has 8 nitrogen and oxygen atoms in total. The summed E-state index contributed by atoms with van der Waals surface area (Å²) in [5.41, 5.74) is 1.48. The van der Waals surface area contributed by atoms with Gasteiger partial charge < -0.3 is 14.6 Å². The lowest BCUT2D eigenvalue weighted by Crippen LogP contribution is -2.54. The minimum absolute atomic E-state index is 0.0181. The molecule has 2 N–H and O–H groups in total. The first kappa shape index (κ1) is 25.7. The number of hydrogen-bond acceptors (Lipinski definition) is 6. The zero-order valence-electron chi connectivity index (χ0n) is 19.0. The third-order valence-electron chi connectivity index (χ3n) is 5.18. The predicted molar refractivity (Wildman–Crippen MR) is 146 cm³/mol. The van der Waals surface area contributed by atoms with Gasteiger partial charge >= 0.3 is 6.03 Å². The highest BCUT2D eigenvalue weighted by molar-refractivity contribution is 14.1. The number of nitrogens with one attached hydrogen (secondary N) is 1. The number of barbiturate groups is 1. The van der Waals surface area contributed by atoms with E-state index in [4.69, 9.17) is 9.47 Å². The summed E-state index contributed by atoms with van der Waals surface area (Å²) in [6.07, 6.45) is 1.40. The number of carbonyl (C=O) groups is 3. The van der Waals surface area contributed by atoms with Gasteiger partial charge in [0.05, 0.1) is 15.9 Å². The number of benzene rings is 3. The molecule has 10 heteroatoms. The molecular weight excluding hydrogens is 643 g/mol. The van der Waals surface area contributed by atoms with Crippen LogP contribution in [0.15, 0.2) is 70.7 Å². The van der Waals surface area contributed by atoms with Gasteiger partial charge in [-0.1, -0.05) is 34.1 Å². The maximum atomic E-state index is 13.1. The van der Waals surface area contributed by atoms with E-state index in [0.29, 0.717) is 33.8 Å². The monoisotopic (exact) mass is 662 g/mol. The number of imide groups is 2. The zero-order chi connectivity index (χ0) is 25.8. The van der Waals surface area contributed by atoms with Gasteiger partial charge in [0.15, 0.2) is 11.5 Å². The first-order chi connectivity index (χ1) is 17.3. The van der Waals surface area contributed by atoms with E-state index in [9.17, 15) is 19.5 Å². The van der Waals surface area contributed by atoms with Crippen LogP contribution in [0.2, 0.25) is 0 Å². The summed E-state index contributed by atoms with van der Waals surface area (Å²) in [5.74, 6) is -0.608. The molecule has 1 saturated heterocycles. The summed E-state index contributed by atoms with van der Waals surface area (Å²) in [4.78, 5) is 38.9. The molecular formula is C26H20BrIN2O6. The molecule has 1 heterocycles. The minimum atomic E-state index is -0.867. The number of ether oxygens (including phenoxy) is 2. The van der Waals surface area contributed by atoms with Crippen molar-refractivity contribution in [2.75, 3.05) is 11.5 Å². The second-order valence-electron chi connectivity index (χ2n) is 7.62. The van der Waals surface area contributed by atoms with Crippen molar-refractivity contribution in [1.29, 1.82) is 0 Å². The number of nitrogens with zero attached hydrogens (tertiary/aromatic N) is 1. The van der Waals surface area contributed by atoms with Crippen molar-refractivity contribution in [3.63, 3.8) is 0 Å². The second kappa shape index (κ2) is 11.1. The molecule has 4 amide bonds. The number of amides is 4. The minimum Gasteiger partial charge on any atom is -0.508 e. The normalized spacial score (nSPS) is 14.7. The summed E-state index contributed by atoms with van der Waals surface area (Å²) < 4.78 is 13.5. The predicted octanol–water partition coefficient (Wildman–Crippen LogP) is 5.40. The Morgan fingerprint density at radius 3 is 2.47 bits per heavy atom. The van der Waals surface area contributed by atoms with Crippen molar-refractivity contribution >= 4 is 68.1 Å².